The first-order valence-corrected chi connectivity index (χ1v) is 9.27. The molecule has 30 heavy (non-hydrogen) atoms. The lowest BCUT2D eigenvalue weighted by atomic mass is 9.86. The van der Waals surface area contributed by atoms with Gasteiger partial charge in [-0.2, -0.15) is 18.2 Å². The minimum Gasteiger partial charge on any atom is -0.437 e. The monoisotopic (exact) mass is 424 g/mol. The van der Waals surface area contributed by atoms with Crippen molar-refractivity contribution in [3.63, 3.8) is 0 Å². The van der Waals surface area contributed by atoms with Gasteiger partial charge in [0.2, 0.25) is 5.95 Å². The molecule has 8 nitrogen and oxygen atoms in total. The Morgan fingerprint density at radius 3 is 2.63 bits per heavy atom. The van der Waals surface area contributed by atoms with Gasteiger partial charge < -0.3 is 20.5 Å². The Balaban J connectivity index is 1.94. The number of aromatic nitrogens is 2. The fourth-order valence-corrected chi connectivity index (χ4v) is 2.48. The average Bonchev–Trinajstić information content (AvgIpc) is 2.64. The number of amides is 2. The molecule has 0 atom stereocenters. The van der Waals surface area contributed by atoms with Crippen molar-refractivity contribution in [2.45, 2.75) is 26.3 Å². The zero-order valence-corrected chi connectivity index (χ0v) is 16.9. The van der Waals surface area contributed by atoms with Crippen LogP contribution in [0.4, 0.5) is 35.4 Å². The van der Waals surface area contributed by atoms with Gasteiger partial charge in [-0.1, -0.05) is 6.07 Å². The highest BCUT2D eigenvalue weighted by atomic mass is 19.4. The van der Waals surface area contributed by atoms with Crippen LogP contribution in [0.3, 0.4) is 0 Å². The number of carbonyl (C=O) groups excluding carboxylic acids is 1. The topological polar surface area (TPSA) is 102 Å². The van der Waals surface area contributed by atoms with Gasteiger partial charge in [0.05, 0.1) is 5.56 Å². The maximum Gasteiger partial charge on any atom is 0.416 e. The number of anilines is 3. The summed E-state index contributed by atoms with van der Waals surface area (Å²) in [4.78, 5) is 22.2. The average molecular weight is 424 g/mol. The van der Waals surface area contributed by atoms with Gasteiger partial charge in [-0.15, -0.1) is 0 Å². The van der Waals surface area contributed by atoms with Crippen LogP contribution >= 0.6 is 0 Å². The molecule has 2 amide bonds. The Kier molecular flexibility index (Phi) is 8.01. The second-order valence-electron chi connectivity index (χ2n) is 6.77. The third-order valence-corrected chi connectivity index (χ3v) is 4.16. The molecule has 0 bridgehead atoms. The van der Waals surface area contributed by atoms with Gasteiger partial charge in [0.15, 0.2) is 0 Å². The van der Waals surface area contributed by atoms with E-state index >= 15 is 0 Å². The molecule has 0 aliphatic rings. The molecule has 0 aliphatic carbocycles. The second kappa shape index (κ2) is 10.3. The molecular weight excluding hydrogens is 400 g/mol. The van der Waals surface area contributed by atoms with E-state index < -0.39 is 24.8 Å². The van der Waals surface area contributed by atoms with Crippen molar-refractivity contribution in [2.24, 2.45) is 0 Å². The smallest absolute Gasteiger partial charge is 0.416 e. The molecule has 0 saturated heterocycles. The van der Waals surface area contributed by atoms with Crippen LogP contribution in [-0.4, -0.2) is 53.0 Å². The zero-order valence-electron chi connectivity index (χ0n) is 16.9. The van der Waals surface area contributed by atoms with E-state index in [2.05, 4.69) is 25.9 Å². The van der Waals surface area contributed by atoms with E-state index in [-0.39, 0.29) is 11.6 Å². The van der Waals surface area contributed by atoms with Crippen molar-refractivity contribution in [3.8, 4) is 0 Å². The molecule has 0 radical (unpaired) electrons. The number of halogens is 3. The summed E-state index contributed by atoms with van der Waals surface area (Å²) in [6.45, 7) is 4.68. The summed E-state index contributed by atoms with van der Waals surface area (Å²) in [6, 6.07) is 5.26. The molecule has 0 fully saturated rings. The van der Waals surface area contributed by atoms with Gasteiger partial charge in [-0.3, -0.25) is 5.32 Å². The predicted octanol–water partition coefficient (Wildman–Crippen LogP) is 3.29. The molecule has 0 aliphatic heterocycles. The number of aryl methyl sites for hydroxylation is 1. The van der Waals surface area contributed by atoms with Gasteiger partial charge in [-0.25, -0.2) is 9.78 Å². The molecule has 4 N–H and O–H groups in total. The summed E-state index contributed by atoms with van der Waals surface area (Å²) in [6.07, 6.45) is -3.75. The van der Waals surface area contributed by atoms with Crippen LogP contribution in [0.15, 0.2) is 30.3 Å². The standard InChI is InChI=1S/C18H24BF3N6O2/c1-12-10-15(23-8-5-9-28(3)19(2)30)26-16(24-12)27-17(29)25-14-7-4-6-13(11-14)18(20,21)22/h4,6-7,10-11,30H,5,8-9H2,1-3H3,(H3,23,24,25,26,27,29). The van der Waals surface area contributed by atoms with Gasteiger partial charge in [0, 0.05) is 24.0 Å². The number of rotatable bonds is 8. The normalized spacial score (nSPS) is 11.3. The Bertz CT molecular complexity index is 866. The fourth-order valence-electron chi connectivity index (χ4n) is 2.48. The van der Waals surface area contributed by atoms with Crippen LogP contribution in [0.1, 0.15) is 17.7 Å². The van der Waals surface area contributed by atoms with Crippen LogP contribution in [0.5, 0.6) is 0 Å². The Hall–Kier alpha value is -2.86. The molecule has 0 spiro atoms. The molecule has 1 heterocycles. The minimum atomic E-state index is -4.50. The second-order valence-corrected chi connectivity index (χ2v) is 6.77. The van der Waals surface area contributed by atoms with Crippen molar-refractivity contribution in [1.29, 1.82) is 0 Å². The van der Waals surface area contributed by atoms with E-state index in [1.807, 2.05) is 7.05 Å². The summed E-state index contributed by atoms with van der Waals surface area (Å²) < 4.78 is 38.3. The number of urea groups is 1. The van der Waals surface area contributed by atoms with Crippen LogP contribution in [0, 0.1) is 6.92 Å². The summed E-state index contributed by atoms with van der Waals surface area (Å²) in [5.41, 5.74) is -0.265. The molecule has 2 rings (SSSR count). The number of carbonyl (C=O) groups is 1. The van der Waals surface area contributed by atoms with E-state index in [1.54, 1.807) is 24.6 Å². The van der Waals surface area contributed by atoms with E-state index in [0.29, 0.717) is 24.6 Å². The molecule has 1 aromatic carbocycles. The Morgan fingerprint density at radius 2 is 1.97 bits per heavy atom. The lowest BCUT2D eigenvalue weighted by Crippen LogP contribution is -2.34. The predicted molar refractivity (Wildman–Crippen MR) is 110 cm³/mol. The Morgan fingerprint density at radius 1 is 1.23 bits per heavy atom. The quantitative estimate of drug-likeness (QED) is 0.383. The lowest BCUT2D eigenvalue weighted by Gasteiger charge is -2.17. The third kappa shape index (κ3) is 7.52. The maximum atomic E-state index is 12.8. The van der Waals surface area contributed by atoms with Gasteiger partial charge >= 0.3 is 19.3 Å². The highest BCUT2D eigenvalue weighted by Gasteiger charge is 2.30. The highest BCUT2D eigenvalue weighted by Crippen LogP contribution is 2.30. The molecular formula is C18H24BF3N6O2. The van der Waals surface area contributed by atoms with Crippen LogP contribution < -0.4 is 16.0 Å². The number of hydrogen-bond acceptors (Lipinski definition) is 6. The van der Waals surface area contributed by atoms with Crippen molar-refractivity contribution in [1.82, 2.24) is 14.8 Å². The first-order valence-electron chi connectivity index (χ1n) is 9.27. The van der Waals surface area contributed by atoms with Crippen molar-refractivity contribution in [3.05, 3.63) is 41.6 Å². The number of benzene rings is 1. The third-order valence-electron chi connectivity index (χ3n) is 4.16. The molecule has 2 aromatic rings. The summed E-state index contributed by atoms with van der Waals surface area (Å²) in [7, 11) is 1.28. The van der Waals surface area contributed by atoms with Gasteiger partial charge in [0.25, 0.3) is 0 Å². The fraction of sp³-hybridized carbons (Fsp3) is 0.389. The first-order chi connectivity index (χ1) is 14.0. The van der Waals surface area contributed by atoms with Crippen molar-refractivity contribution in [2.75, 3.05) is 36.1 Å². The SMILES string of the molecule is CB(O)N(C)CCCNc1cc(C)nc(NC(=O)Nc2cccc(C(F)(F)F)c2)n1. The molecule has 162 valence electrons. The van der Waals surface area contributed by atoms with Crippen LogP contribution in [0.25, 0.3) is 0 Å². The van der Waals surface area contributed by atoms with Crippen molar-refractivity contribution < 1.29 is 23.0 Å². The van der Waals surface area contributed by atoms with E-state index in [9.17, 15) is 23.0 Å². The number of nitrogens with zero attached hydrogens (tertiary/aromatic N) is 3. The number of hydrogen-bond donors (Lipinski definition) is 4. The molecule has 0 unspecified atom stereocenters. The molecule has 0 saturated carbocycles. The number of nitrogens with one attached hydrogen (secondary N) is 3. The lowest BCUT2D eigenvalue weighted by molar-refractivity contribution is -0.137. The summed E-state index contributed by atoms with van der Waals surface area (Å²) in [5, 5.41) is 17.3. The maximum absolute atomic E-state index is 12.8. The summed E-state index contributed by atoms with van der Waals surface area (Å²) in [5.74, 6) is 0.514. The van der Waals surface area contributed by atoms with Gasteiger partial charge in [0.1, 0.15) is 5.82 Å². The largest absolute Gasteiger partial charge is 0.437 e. The molecule has 12 heteroatoms. The minimum absolute atomic E-state index is 0.00411. The number of alkyl halides is 3. The van der Waals surface area contributed by atoms with E-state index in [1.165, 1.54) is 12.1 Å². The van der Waals surface area contributed by atoms with Crippen LogP contribution in [0.2, 0.25) is 6.82 Å². The Labute approximate surface area is 173 Å². The van der Waals surface area contributed by atoms with E-state index in [0.717, 1.165) is 18.6 Å². The van der Waals surface area contributed by atoms with E-state index in [4.69, 9.17) is 0 Å². The summed E-state index contributed by atoms with van der Waals surface area (Å²) >= 11 is 0. The zero-order chi connectivity index (χ0) is 22.3. The van der Waals surface area contributed by atoms with Crippen LogP contribution in [-0.2, 0) is 6.18 Å². The highest BCUT2D eigenvalue weighted by molar-refractivity contribution is 6.45. The van der Waals surface area contributed by atoms with Crippen molar-refractivity contribution >= 4 is 30.5 Å². The first kappa shape index (κ1) is 23.4. The van der Waals surface area contributed by atoms with Gasteiger partial charge in [-0.05, 0) is 52.0 Å². The molecule has 1 aromatic heterocycles.